The van der Waals surface area contributed by atoms with E-state index in [1.807, 2.05) is 54.2 Å². The molecular formula is C16H19N3OS. The van der Waals surface area contributed by atoms with Crippen LogP contribution in [0.25, 0.3) is 5.69 Å². The monoisotopic (exact) mass is 301 g/mol. The molecule has 0 unspecified atom stereocenters. The Balaban J connectivity index is 1.88. The summed E-state index contributed by atoms with van der Waals surface area (Å²) in [5, 5.41) is 7.21. The van der Waals surface area contributed by atoms with Gasteiger partial charge in [-0.05, 0) is 25.1 Å². The molecule has 0 saturated carbocycles. The van der Waals surface area contributed by atoms with Crippen LogP contribution in [-0.2, 0) is 10.5 Å². The highest BCUT2D eigenvalue weighted by Crippen LogP contribution is 2.17. The molecule has 1 aromatic carbocycles. The van der Waals surface area contributed by atoms with Gasteiger partial charge in [-0.3, -0.25) is 4.79 Å². The number of rotatable bonds is 7. The van der Waals surface area contributed by atoms with Gasteiger partial charge >= 0.3 is 0 Å². The normalized spacial score (nSPS) is 11.9. The Morgan fingerprint density at radius 2 is 2.19 bits per heavy atom. The average molecular weight is 301 g/mol. The van der Waals surface area contributed by atoms with E-state index >= 15 is 0 Å². The summed E-state index contributed by atoms with van der Waals surface area (Å²) in [7, 11) is 0. The molecule has 4 nitrogen and oxygen atoms in total. The van der Waals surface area contributed by atoms with Crippen molar-refractivity contribution in [2.24, 2.45) is 0 Å². The highest BCUT2D eigenvalue weighted by atomic mass is 32.2. The summed E-state index contributed by atoms with van der Waals surface area (Å²) in [4.78, 5) is 11.7. The highest BCUT2D eigenvalue weighted by molar-refractivity contribution is 7.99. The van der Waals surface area contributed by atoms with Gasteiger partial charge in [-0.15, -0.1) is 18.3 Å². The lowest BCUT2D eigenvalue weighted by molar-refractivity contribution is -0.120. The zero-order chi connectivity index (χ0) is 15.1. The molecule has 0 radical (unpaired) electrons. The van der Waals surface area contributed by atoms with E-state index in [2.05, 4.69) is 17.0 Å². The summed E-state index contributed by atoms with van der Waals surface area (Å²) < 4.78 is 1.85. The largest absolute Gasteiger partial charge is 0.352 e. The SMILES string of the molecule is C=CCNC(=O)[C@H](C)SCc1ccn(-c2ccccc2)n1. The summed E-state index contributed by atoms with van der Waals surface area (Å²) in [6.07, 6.45) is 3.62. The number of carbonyl (C=O) groups is 1. The molecule has 1 aromatic heterocycles. The molecule has 0 bridgehead atoms. The summed E-state index contributed by atoms with van der Waals surface area (Å²) in [5.41, 5.74) is 2.00. The fourth-order valence-corrected chi connectivity index (χ4v) is 2.58. The van der Waals surface area contributed by atoms with Crippen molar-refractivity contribution in [3.8, 4) is 5.69 Å². The predicted octanol–water partition coefficient (Wildman–Crippen LogP) is 2.80. The van der Waals surface area contributed by atoms with Crippen LogP contribution in [-0.4, -0.2) is 27.5 Å². The van der Waals surface area contributed by atoms with Crippen LogP contribution >= 0.6 is 11.8 Å². The fraction of sp³-hybridized carbons (Fsp3) is 0.250. The minimum atomic E-state index is -0.105. The summed E-state index contributed by atoms with van der Waals surface area (Å²) in [5.74, 6) is 0.741. The molecule has 0 aliphatic carbocycles. The molecule has 1 atom stereocenters. The maximum Gasteiger partial charge on any atom is 0.233 e. The molecule has 0 aliphatic heterocycles. The first-order valence-electron chi connectivity index (χ1n) is 6.81. The minimum Gasteiger partial charge on any atom is -0.352 e. The third-order valence-electron chi connectivity index (χ3n) is 2.94. The maximum absolute atomic E-state index is 11.7. The minimum absolute atomic E-state index is 0.0300. The van der Waals surface area contributed by atoms with Crippen molar-refractivity contribution < 1.29 is 4.79 Å². The molecule has 0 saturated heterocycles. The quantitative estimate of drug-likeness (QED) is 0.800. The molecule has 5 heteroatoms. The number of hydrogen-bond acceptors (Lipinski definition) is 3. The smallest absolute Gasteiger partial charge is 0.233 e. The van der Waals surface area contributed by atoms with Crippen molar-refractivity contribution >= 4 is 17.7 Å². The lowest BCUT2D eigenvalue weighted by atomic mass is 10.3. The second kappa shape index (κ2) is 7.69. The molecule has 0 fully saturated rings. The van der Waals surface area contributed by atoms with Crippen LogP contribution in [0.4, 0.5) is 0 Å². The first-order valence-corrected chi connectivity index (χ1v) is 7.85. The molecule has 21 heavy (non-hydrogen) atoms. The van der Waals surface area contributed by atoms with E-state index in [0.717, 1.165) is 11.4 Å². The fourth-order valence-electron chi connectivity index (χ4n) is 1.77. The van der Waals surface area contributed by atoms with E-state index in [-0.39, 0.29) is 11.2 Å². The molecule has 1 N–H and O–H groups in total. The first kappa shape index (κ1) is 15.4. The number of nitrogens with one attached hydrogen (secondary N) is 1. The predicted molar refractivity (Wildman–Crippen MR) is 87.5 cm³/mol. The van der Waals surface area contributed by atoms with E-state index in [1.165, 1.54) is 0 Å². The summed E-state index contributed by atoms with van der Waals surface area (Å²) in [6.45, 7) is 5.99. The summed E-state index contributed by atoms with van der Waals surface area (Å²) >= 11 is 1.57. The molecule has 0 spiro atoms. The van der Waals surface area contributed by atoms with Crippen molar-refractivity contribution in [2.75, 3.05) is 6.54 Å². The number of nitrogens with zero attached hydrogens (tertiary/aromatic N) is 2. The van der Waals surface area contributed by atoms with Crippen LogP contribution in [0, 0.1) is 0 Å². The first-order chi connectivity index (χ1) is 10.2. The Hall–Kier alpha value is -2.01. The van der Waals surface area contributed by atoms with Gasteiger partial charge in [0.25, 0.3) is 0 Å². The molecule has 2 rings (SSSR count). The van der Waals surface area contributed by atoms with Gasteiger partial charge in [0, 0.05) is 18.5 Å². The molecule has 0 aliphatic rings. The third-order valence-corrected chi connectivity index (χ3v) is 4.11. The van der Waals surface area contributed by atoms with Gasteiger partial charge in [-0.25, -0.2) is 4.68 Å². The Bertz CT molecular complexity index is 595. The lowest BCUT2D eigenvalue weighted by Crippen LogP contribution is -2.30. The van der Waals surface area contributed by atoms with Crippen molar-refractivity contribution in [3.05, 3.63) is 60.9 Å². The van der Waals surface area contributed by atoms with Gasteiger partial charge in [0.2, 0.25) is 5.91 Å². The molecule has 110 valence electrons. The van der Waals surface area contributed by atoms with Crippen LogP contribution < -0.4 is 5.32 Å². The van der Waals surface area contributed by atoms with E-state index in [1.54, 1.807) is 17.8 Å². The molecule has 1 amide bonds. The van der Waals surface area contributed by atoms with Gasteiger partial charge in [0.1, 0.15) is 0 Å². The topological polar surface area (TPSA) is 46.9 Å². The number of hydrogen-bond donors (Lipinski definition) is 1. The zero-order valence-corrected chi connectivity index (χ0v) is 12.8. The number of amides is 1. The Morgan fingerprint density at radius 1 is 1.43 bits per heavy atom. The average Bonchev–Trinajstić information content (AvgIpc) is 3.00. The van der Waals surface area contributed by atoms with Gasteiger partial charge in [0.15, 0.2) is 0 Å². The third kappa shape index (κ3) is 4.49. The van der Waals surface area contributed by atoms with Gasteiger partial charge in [-0.2, -0.15) is 5.10 Å². The van der Waals surface area contributed by atoms with Crippen LogP contribution in [0.5, 0.6) is 0 Å². The van der Waals surface area contributed by atoms with Crippen molar-refractivity contribution in [1.29, 1.82) is 0 Å². The Labute approximate surface area is 129 Å². The molecule has 2 aromatic rings. The van der Waals surface area contributed by atoms with Gasteiger partial charge in [0.05, 0.1) is 16.6 Å². The second-order valence-corrected chi connectivity index (χ2v) is 5.90. The van der Waals surface area contributed by atoms with Crippen LogP contribution in [0.1, 0.15) is 12.6 Å². The van der Waals surface area contributed by atoms with E-state index in [9.17, 15) is 4.79 Å². The number of para-hydroxylation sites is 1. The van der Waals surface area contributed by atoms with Crippen molar-refractivity contribution in [1.82, 2.24) is 15.1 Å². The lowest BCUT2D eigenvalue weighted by Gasteiger charge is -2.09. The summed E-state index contributed by atoms with van der Waals surface area (Å²) in [6, 6.07) is 11.9. The second-order valence-electron chi connectivity index (χ2n) is 4.57. The molecule has 1 heterocycles. The number of benzene rings is 1. The van der Waals surface area contributed by atoms with E-state index in [4.69, 9.17) is 0 Å². The standard InChI is InChI=1S/C16H19N3OS/c1-3-10-17-16(20)13(2)21-12-14-9-11-19(18-14)15-7-5-4-6-8-15/h3-9,11,13H,1,10,12H2,2H3,(H,17,20)/t13-/m0/s1. The molecular weight excluding hydrogens is 282 g/mol. The maximum atomic E-state index is 11.7. The van der Waals surface area contributed by atoms with E-state index in [0.29, 0.717) is 12.3 Å². The zero-order valence-electron chi connectivity index (χ0n) is 12.0. The Kier molecular flexibility index (Phi) is 5.63. The van der Waals surface area contributed by atoms with Crippen LogP contribution in [0.3, 0.4) is 0 Å². The van der Waals surface area contributed by atoms with Crippen molar-refractivity contribution in [3.63, 3.8) is 0 Å². The van der Waals surface area contributed by atoms with Crippen molar-refractivity contribution in [2.45, 2.75) is 17.9 Å². The highest BCUT2D eigenvalue weighted by Gasteiger charge is 2.13. The van der Waals surface area contributed by atoms with E-state index < -0.39 is 0 Å². The van der Waals surface area contributed by atoms with Crippen LogP contribution in [0.15, 0.2) is 55.3 Å². The number of aromatic nitrogens is 2. The van der Waals surface area contributed by atoms with Gasteiger partial charge < -0.3 is 5.32 Å². The number of carbonyl (C=O) groups excluding carboxylic acids is 1. The Morgan fingerprint density at radius 3 is 2.90 bits per heavy atom. The number of thioether (sulfide) groups is 1. The van der Waals surface area contributed by atoms with Gasteiger partial charge in [-0.1, -0.05) is 24.3 Å². The van der Waals surface area contributed by atoms with Crippen LogP contribution in [0.2, 0.25) is 0 Å².